The molecule has 6 heteroatoms. The lowest BCUT2D eigenvalue weighted by Gasteiger charge is -2.10. The van der Waals surface area contributed by atoms with Crippen LogP contribution in [0.4, 0.5) is 0 Å². The molecule has 0 aromatic heterocycles. The number of hydrogen-bond donors (Lipinski definition) is 1. The smallest absolute Gasteiger partial charge is 0.318 e. The molecule has 1 N–H and O–H groups in total. The minimum atomic E-state index is -3.70. The number of carboxylic acid groups (broad SMARTS) is 1. The maximum absolute atomic E-state index is 11.4. The van der Waals surface area contributed by atoms with Crippen LogP contribution in [0.5, 0.6) is 0 Å². The number of Topliss-reactive ketones (excluding diaryl/α,β-unsaturated/α-hetero) is 1. The van der Waals surface area contributed by atoms with E-state index in [0.29, 0.717) is 6.42 Å². The minimum absolute atomic E-state index is 0.0877. The predicted octanol–water partition coefficient (Wildman–Crippen LogP) is 1.02. The van der Waals surface area contributed by atoms with E-state index in [0.717, 1.165) is 12.8 Å². The Balaban J connectivity index is 4.29. The number of ketones is 1. The number of sulfone groups is 1. The molecule has 16 heavy (non-hydrogen) atoms. The van der Waals surface area contributed by atoms with Crippen LogP contribution in [0, 0.1) is 0 Å². The van der Waals surface area contributed by atoms with Crippen LogP contribution in [0.3, 0.4) is 0 Å². The van der Waals surface area contributed by atoms with Crippen molar-refractivity contribution in [1.82, 2.24) is 0 Å². The van der Waals surface area contributed by atoms with Gasteiger partial charge in [-0.15, -0.1) is 0 Å². The van der Waals surface area contributed by atoms with Crippen molar-refractivity contribution in [2.45, 2.75) is 44.8 Å². The van der Waals surface area contributed by atoms with Crippen molar-refractivity contribution >= 4 is 21.6 Å². The van der Waals surface area contributed by atoms with E-state index in [1.54, 1.807) is 0 Å². The Hall–Kier alpha value is -0.910. The first-order valence-corrected chi connectivity index (χ1v) is 6.96. The fourth-order valence-electron chi connectivity index (χ4n) is 1.24. The lowest BCUT2D eigenvalue weighted by atomic mass is 10.1. The molecule has 0 saturated heterocycles. The van der Waals surface area contributed by atoms with Crippen LogP contribution < -0.4 is 0 Å². The van der Waals surface area contributed by atoms with E-state index in [2.05, 4.69) is 0 Å². The summed E-state index contributed by atoms with van der Waals surface area (Å²) in [4.78, 5) is 21.6. The standard InChI is InChI=1S/C10H18O5S/c1-3-4-5-9(11)6-8(2)16(14,15)7-10(12)13/h8H,3-7H2,1-2H3,(H,12,13). The molecular weight excluding hydrogens is 232 g/mol. The molecule has 0 aromatic carbocycles. The highest BCUT2D eigenvalue weighted by molar-refractivity contribution is 7.92. The van der Waals surface area contributed by atoms with Gasteiger partial charge in [0.15, 0.2) is 9.84 Å². The summed E-state index contributed by atoms with van der Waals surface area (Å²) in [7, 11) is -3.70. The largest absolute Gasteiger partial charge is 0.480 e. The van der Waals surface area contributed by atoms with Crippen molar-refractivity contribution in [1.29, 1.82) is 0 Å². The van der Waals surface area contributed by atoms with Gasteiger partial charge in [-0.05, 0) is 13.3 Å². The summed E-state index contributed by atoms with van der Waals surface area (Å²) < 4.78 is 22.8. The van der Waals surface area contributed by atoms with Crippen LogP contribution in [0.15, 0.2) is 0 Å². The molecule has 0 aliphatic carbocycles. The fraction of sp³-hybridized carbons (Fsp3) is 0.800. The molecule has 0 saturated carbocycles. The third-order valence-corrected chi connectivity index (χ3v) is 4.30. The first-order valence-electron chi connectivity index (χ1n) is 5.24. The molecule has 0 bridgehead atoms. The van der Waals surface area contributed by atoms with Crippen molar-refractivity contribution < 1.29 is 23.1 Å². The molecule has 1 atom stereocenters. The van der Waals surface area contributed by atoms with Crippen LogP contribution >= 0.6 is 0 Å². The van der Waals surface area contributed by atoms with Crippen molar-refractivity contribution in [3.8, 4) is 0 Å². The number of carboxylic acids is 1. The Morgan fingerprint density at radius 2 is 1.88 bits per heavy atom. The first kappa shape index (κ1) is 15.1. The van der Waals surface area contributed by atoms with E-state index in [1.807, 2.05) is 6.92 Å². The van der Waals surface area contributed by atoms with Crippen molar-refractivity contribution in [2.24, 2.45) is 0 Å². The summed E-state index contributed by atoms with van der Waals surface area (Å²) >= 11 is 0. The van der Waals surface area contributed by atoms with E-state index in [-0.39, 0.29) is 12.2 Å². The molecule has 0 heterocycles. The Morgan fingerprint density at radius 1 is 1.31 bits per heavy atom. The third-order valence-electron chi connectivity index (χ3n) is 2.26. The van der Waals surface area contributed by atoms with Gasteiger partial charge in [-0.25, -0.2) is 8.42 Å². The van der Waals surface area contributed by atoms with Gasteiger partial charge in [-0.1, -0.05) is 13.3 Å². The van der Waals surface area contributed by atoms with Crippen molar-refractivity contribution in [3.05, 3.63) is 0 Å². The zero-order chi connectivity index (χ0) is 12.8. The van der Waals surface area contributed by atoms with E-state index in [1.165, 1.54) is 6.92 Å². The van der Waals surface area contributed by atoms with Crippen molar-refractivity contribution in [3.63, 3.8) is 0 Å². The second-order valence-electron chi connectivity index (χ2n) is 3.86. The Kier molecular flexibility index (Phi) is 6.25. The monoisotopic (exact) mass is 250 g/mol. The molecule has 94 valence electrons. The SMILES string of the molecule is CCCCC(=O)CC(C)S(=O)(=O)CC(=O)O. The summed E-state index contributed by atoms with van der Waals surface area (Å²) in [6.45, 7) is 3.32. The second kappa shape index (κ2) is 6.62. The van der Waals surface area contributed by atoms with Crippen molar-refractivity contribution in [2.75, 3.05) is 5.75 Å². The first-order chi connectivity index (χ1) is 7.29. The molecule has 5 nitrogen and oxygen atoms in total. The summed E-state index contributed by atoms with van der Waals surface area (Å²) in [5.41, 5.74) is 0. The van der Waals surface area contributed by atoms with Gasteiger partial charge in [0.25, 0.3) is 0 Å². The summed E-state index contributed by atoms with van der Waals surface area (Å²) in [6, 6.07) is 0. The Bertz CT molecular complexity index is 344. The molecule has 0 fully saturated rings. The average molecular weight is 250 g/mol. The normalized spacial score (nSPS) is 13.4. The molecule has 0 aliphatic heterocycles. The van der Waals surface area contributed by atoms with Gasteiger partial charge in [0.1, 0.15) is 11.5 Å². The maximum Gasteiger partial charge on any atom is 0.318 e. The average Bonchev–Trinajstić information content (AvgIpc) is 2.12. The summed E-state index contributed by atoms with van der Waals surface area (Å²) in [5.74, 6) is -2.41. The topological polar surface area (TPSA) is 88.5 Å². The molecule has 0 spiro atoms. The number of rotatable bonds is 8. The van der Waals surface area contributed by atoms with Gasteiger partial charge in [-0.3, -0.25) is 9.59 Å². The second-order valence-corrected chi connectivity index (χ2v) is 6.28. The molecule has 0 rings (SSSR count). The fourth-order valence-corrected chi connectivity index (χ4v) is 2.31. The molecule has 0 radical (unpaired) electrons. The highest BCUT2D eigenvalue weighted by Gasteiger charge is 2.25. The van der Waals surface area contributed by atoms with Crippen LogP contribution in [-0.2, 0) is 19.4 Å². The molecule has 1 unspecified atom stereocenters. The maximum atomic E-state index is 11.4. The molecule has 0 aromatic rings. The van der Waals surface area contributed by atoms with Gasteiger partial charge in [0.2, 0.25) is 0 Å². The van der Waals surface area contributed by atoms with Gasteiger partial charge in [0.05, 0.1) is 5.25 Å². The van der Waals surface area contributed by atoms with Gasteiger partial charge >= 0.3 is 5.97 Å². The molecule has 0 amide bonds. The Labute approximate surface area is 95.8 Å². The van der Waals surface area contributed by atoms with E-state index >= 15 is 0 Å². The quantitative estimate of drug-likeness (QED) is 0.695. The number of unbranched alkanes of at least 4 members (excludes halogenated alkanes) is 1. The van der Waals surface area contributed by atoms with E-state index in [9.17, 15) is 18.0 Å². The zero-order valence-electron chi connectivity index (χ0n) is 9.60. The summed E-state index contributed by atoms with van der Waals surface area (Å²) in [6.07, 6.45) is 1.89. The van der Waals surface area contributed by atoms with E-state index in [4.69, 9.17) is 5.11 Å². The third kappa shape index (κ3) is 5.85. The number of carbonyl (C=O) groups excluding carboxylic acids is 1. The predicted molar refractivity (Wildman–Crippen MR) is 60.0 cm³/mol. The number of carbonyl (C=O) groups is 2. The minimum Gasteiger partial charge on any atom is -0.480 e. The van der Waals surface area contributed by atoms with Crippen LogP contribution in [0.1, 0.15) is 39.5 Å². The lowest BCUT2D eigenvalue weighted by Crippen LogP contribution is -2.27. The van der Waals surface area contributed by atoms with Gasteiger partial charge < -0.3 is 5.11 Å². The van der Waals surface area contributed by atoms with Crippen LogP contribution in [-0.4, -0.2) is 36.3 Å². The van der Waals surface area contributed by atoms with Crippen LogP contribution in [0.2, 0.25) is 0 Å². The number of hydrogen-bond acceptors (Lipinski definition) is 4. The molecular formula is C10H18O5S. The zero-order valence-corrected chi connectivity index (χ0v) is 10.4. The molecule has 0 aliphatic rings. The van der Waals surface area contributed by atoms with Crippen LogP contribution in [0.25, 0.3) is 0 Å². The van der Waals surface area contributed by atoms with E-state index < -0.39 is 26.8 Å². The van der Waals surface area contributed by atoms with Gasteiger partial charge in [0, 0.05) is 12.8 Å². The van der Waals surface area contributed by atoms with Gasteiger partial charge in [-0.2, -0.15) is 0 Å². The highest BCUT2D eigenvalue weighted by atomic mass is 32.2. The lowest BCUT2D eigenvalue weighted by molar-refractivity contribution is -0.134. The Morgan fingerprint density at radius 3 is 2.31 bits per heavy atom. The highest BCUT2D eigenvalue weighted by Crippen LogP contribution is 2.10. The number of aliphatic carboxylic acids is 1. The summed E-state index contributed by atoms with van der Waals surface area (Å²) in [5, 5.41) is 7.50.